The third-order valence-electron chi connectivity index (χ3n) is 4.99. The number of hydrogen-bond acceptors (Lipinski definition) is 4. The van der Waals surface area contributed by atoms with Crippen LogP contribution < -0.4 is 4.74 Å². The Morgan fingerprint density at radius 2 is 1.96 bits per heavy atom. The fourth-order valence-electron chi connectivity index (χ4n) is 3.53. The Hall–Kier alpha value is -2.92. The maximum Gasteiger partial charge on any atom is 0.240 e. The average Bonchev–Trinajstić information content (AvgIpc) is 3.13. The van der Waals surface area contributed by atoms with E-state index in [0.29, 0.717) is 22.8 Å². The van der Waals surface area contributed by atoms with Crippen molar-refractivity contribution in [2.45, 2.75) is 26.3 Å². The van der Waals surface area contributed by atoms with Gasteiger partial charge in [-0.25, -0.2) is 9.99 Å². The molecule has 0 bridgehead atoms. The van der Waals surface area contributed by atoms with Gasteiger partial charge in [0.05, 0.1) is 18.9 Å². The third kappa shape index (κ3) is 3.22. The fraction of sp³-hybridized carbons (Fsp3) is 0.227. The van der Waals surface area contributed by atoms with Crippen LogP contribution in [0.2, 0.25) is 5.15 Å². The van der Waals surface area contributed by atoms with E-state index < -0.39 is 0 Å². The van der Waals surface area contributed by atoms with Crippen LogP contribution >= 0.6 is 11.6 Å². The molecule has 0 fully saturated rings. The van der Waals surface area contributed by atoms with Gasteiger partial charge in [0.15, 0.2) is 0 Å². The zero-order chi connectivity index (χ0) is 19.8. The lowest BCUT2D eigenvalue weighted by molar-refractivity contribution is -0.130. The second-order valence-corrected chi connectivity index (χ2v) is 7.25. The summed E-state index contributed by atoms with van der Waals surface area (Å²) in [6.45, 7) is 3.56. The number of benzene rings is 2. The van der Waals surface area contributed by atoms with Crippen LogP contribution in [0.4, 0.5) is 0 Å². The van der Waals surface area contributed by atoms with Crippen LogP contribution in [0.25, 0.3) is 10.9 Å². The van der Waals surface area contributed by atoms with E-state index in [2.05, 4.69) is 10.1 Å². The summed E-state index contributed by atoms with van der Waals surface area (Å²) in [4.78, 5) is 16.8. The molecule has 0 aliphatic carbocycles. The first-order valence-electron chi connectivity index (χ1n) is 9.05. The fourth-order valence-corrected chi connectivity index (χ4v) is 3.79. The number of amides is 1. The number of aromatic nitrogens is 1. The van der Waals surface area contributed by atoms with E-state index in [-0.39, 0.29) is 11.9 Å². The van der Waals surface area contributed by atoms with E-state index in [1.165, 1.54) is 17.5 Å². The number of ether oxygens (including phenoxy) is 1. The van der Waals surface area contributed by atoms with Crippen molar-refractivity contribution in [1.82, 2.24) is 9.99 Å². The van der Waals surface area contributed by atoms with E-state index >= 15 is 0 Å². The first kappa shape index (κ1) is 18.4. The van der Waals surface area contributed by atoms with Gasteiger partial charge in [0.1, 0.15) is 16.4 Å². The summed E-state index contributed by atoms with van der Waals surface area (Å²) in [6, 6.07) is 15.5. The van der Waals surface area contributed by atoms with Crippen LogP contribution in [-0.2, 0) is 4.79 Å². The highest BCUT2D eigenvalue weighted by molar-refractivity contribution is 6.30. The molecule has 1 atom stereocenters. The quantitative estimate of drug-likeness (QED) is 0.594. The minimum absolute atomic E-state index is 0.131. The Bertz CT molecular complexity index is 1090. The third-order valence-corrected chi connectivity index (χ3v) is 5.29. The maximum absolute atomic E-state index is 12.3. The van der Waals surface area contributed by atoms with Crippen molar-refractivity contribution in [3.8, 4) is 5.75 Å². The molecule has 0 spiro atoms. The van der Waals surface area contributed by atoms with Gasteiger partial charge in [-0.3, -0.25) is 4.79 Å². The minimum atomic E-state index is -0.288. The number of hydrogen-bond donors (Lipinski definition) is 0. The number of rotatable bonds is 3. The van der Waals surface area contributed by atoms with E-state index in [9.17, 15) is 4.79 Å². The summed E-state index contributed by atoms with van der Waals surface area (Å²) < 4.78 is 5.38. The predicted octanol–water partition coefficient (Wildman–Crippen LogP) is 4.90. The van der Waals surface area contributed by atoms with Crippen LogP contribution in [0.3, 0.4) is 0 Å². The highest BCUT2D eigenvalue weighted by Crippen LogP contribution is 2.38. The predicted molar refractivity (Wildman–Crippen MR) is 111 cm³/mol. The van der Waals surface area contributed by atoms with Crippen molar-refractivity contribution in [3.05, 3.63) is 70.4 Å². The standard InChI is InChI=1S/C22H20ClN3O2/c1-13-7-9-15(10-8-13)18-12-19(26(25-18)14(2)27)17-11-16-5-4-6-20(28-3)21(16)24-22(17)23/h4-11,19H,12H2,1-3H3. The number of aryl methyl sites for hydroxylation is 1. The van der Waals surface area contributed by atoms with Crippen LogP contribution in [0, 0.1) is 6.92 Å². The van der Waals surface area contributed by atoms with Crippen molar-refractivity contribution in [2.24, 2.45) is 5.10 Å². The van der Waals surface area contributed by atoms with Gasteiger partial charge in [0.25, 0.3) is 0 Å². The SMILES string of the molecule is COc1cccc2cc(C3CC(c4ccc(C)cc4)=NN3C(C)=O)c(Cl)nc12. The molecule has 1 amide bonds. The summed E-state index contributed by atoms with van der Waals surface area (Å²) in [7, 11) is 1.61. The van der Waals surface area contributed by atoms with Gasteiger partial charge >= 0.3 is 0 Å². The van der Waals surface area contributed by atoms with Crippen molar-refractivity contribution >= 4 is 34.1 Å². The Labute approximate surface area is 168 Å². The smallest absolute Gasteiger partial charge is 0.240 e. The van der Waals surface area contributed by atoms with E-state index in [0.717, 1.165) is 22.2 Å². The highest BCUT2D eigenvalue weighted by Gasteiger charge is 2.33. The van der Waals surface area contributed by atoms with Crippen LogP contribution in [0.15, 0.2) is 53.6 Å². The highest BCUT2D eigenvalue weighted by atomic mass is 35.5. The van der Waals surface area contributed by atoms with Crippen molar-refractivity contribution in [1.29, 1.82) is 0 Å². The molecule has 5 nitrogen and oxygen atoms in total. The lowest BCUT2D eigenvalue weighted by Crippen LogP contribution is -2.24. The zero-order valence-electron chi connectivity index (χ0n) is 15.9. The number of pyridine rings is 1. The Kier molecular flexibility index (Phi) is 4.77. The Balaban J connectivity index is 1.77. The molecule has 2 aromatic carbocycles. The zero-order valence-corrected chi connectivity index (χ0v) is 16.7. The summed E-state index contributed by atoms with van der Waals surface area (Å²) in [5, 5.41) is 7.36. The van der Waals surface area contributed by atoms with Crippen LogP contribution in [-0.4, -0.2) is 28.7 Å². The Morgan fingerprint density at radius 3 is 2.64 bits per heavy atom. The van der Waals surface area contributed by atoms with Crippen LogP contribution in [0.1, 0.15) is 36.1 Å². The molecule has 2 heterocycles. The monoisotopic (exact) mass is 393 g/mol. The number of halogens is 1. The first-order valence-corrected chi connectivity index (χ1v) is 9.43. The molecule has 1 aromatic heterocycles. The Morgan fingerprint density at radius 1 is 1.21 bits per heavy atom. The first-order chi connectivity index (χ1) is 13.5. The average molecular weight is 394 g/mol. The molecule has 0 saturated heterocycles. The van der Waals surface area contributed by atoms with E-state index in [1.54, 1.807) is 7.11 Å². The van der Waals surface area contributed by atoms with Crippen molar-refractivity contribution < 1.29 is 9.53 Å². The topological polar surface area (TPSA) is 54.8 Å². The number of hydrazone groups is 1. The van der Waals surface area contributed by atoms with Gasteiger partial charge in [-0.15, -0.1) is 0 Å². The second kappa shape index (κ2) is 7.24. The summed E-state index contributed by atoms with van der Waals surface area (Å²) >= 11 is 6.54. The molecule has 4 rings (SSSR count). The van der Waals surface area contributed by atoms with Gasteiger partial charge < -0.3 is 4.74 Å². The lowest BCUT2D eigenvalue weighted by atomic mass is 9.98. The largest absolute Gasteiger partial charge is 0.494 e. The number of nitrogens with zero attached hydrogens (tertiary/aromatic N) is 3. The molecule has 0 radical (unpaired) electrons. The second-order valence-electron chi connectivity index (χ2n) is 6.90. The molecule has 28 heavy (non-hydrogen) atoms. The molecule has 0 N–H and O–H groups in total. The van der Waals surface area contributed by atoms with Gasteiger partial charge in [0.2, 0.25) is 5.91 Å². The normalized spacial score (nSPS) is 16.4. The number of methoxy groups -OCH3 is 1. The molecule has 142 valence electrons. The minimum Gasteiger partial charge on any atom is -0.494 e. The molecule has 3 aromatic rings. The van der Waals surface area contributed by atoms with E-state index in [1.807, 2.05) is 55.5 Å². The molecular weight excluding hydrogens is 374 g/mol. The molecule has 6 heteroatoms. The van der Waals surface area contributed by atoms with Crippen LogP contribution in [0.5, 0.6) is 5.75 Å². The number of carbonyl (C=O) groups is 1. The molecule has 1 aliphatic rings. The van der Waals surface area contributed by atoms with Gasteiger partial charge in [0, 0.05) is 24.3 Å². The maximum atomic E-state index is 12.3. The summed E-state index contributed by atoms with van der Waals surface area (Å²) in [5.41, 5.74) is 4.53. The van der Waals surface area contributed by atoms with Gasteiger partial charge in [-0.2, -0.15) is 5.10 Å². The summed E-state index contributed by atoms with van der Waals surface area (Å²) in [6.07, 6.45) is 0.583. The van der Waals surface area contributed by atoms with Gasteiger partial charge in [-0.1, -0.05) is 53.6 Å². The van der Waals surface area contributed by atoms with E-state index in [4.69, 9.17) is 16.3 Å². The number of carbonyl (C=O) groups excluding carboxylic acids is 1. The van der Waals surface area contributed by atoms with Crippen molar-refractivity contribution in [2.75, 3.05) is 7.11 Å². The molecule has 0 saturated carbocycles. The van der Waals surface area contributed by atoms with Crippen molar-refractivity contribution in [3.63, 3.8) is 0 Å². The molecule has 1 unspecified atom stereocenters. The molecular formula is C22H20ClN3O2. The number of fused-ring (bicyclic) bond motifs is 1. The number of para-hydroxylation sites is 1. The molecule has 1 aliphatic heterocycles. The summed E-state index contributed by atoms with van der Waals surface area (Å²) in [5.74, 6) is 0.534. The van der Waals surface area contributed by atoms with Gasteiger partial charge in [-0.05, 0) is 24.6 Å². The lowest BCUT2D eigenvalue weighted by Gasteiger charge is -2.21.